The third kappa shape index (κ3) is 3.71. The highest BCUT2D eigenvalue weighted by molar-refractivity contribution is 6.35. The van der Waals surface area contributed by atoms with Crippen LogP contribution >= 0.6 is 11.6 Å². The number of amides is 1. The van der Waals surface area contributed by atoms with Crippen molar-refractivity contribution in [2.75, 3.05) is 26.2 Å². The summed E-state index contributed by atoms with van der Waals surface area (Å²) >= 11 is 6.29. The zero-order chi connectivity index (χ0) is 21.1. The molecule has 3 rings (SSSR count). The summed E-state index contributed by atoms with van der Waals surface area (Å²) in [7, 11) is 4.34. The molecule has 0 radical (unpaired) electrons. The van der Waals surface area contributed by atoms with Gasteiger partial charge in [0, 0.05) is 5.70 Å². The predicted octanol–water partition coefficient (Wildman–Crippen LogP) is 4.23. The molecule has 1 heterocycles. The van der Waals surface area contributed by atoms with Crippen molar-refractivity contribution in [2.45, 2.75) is 6.92 Å². The van der Waals surface area contributed by atoms with Crippen molar-refractivity contribution < 1.29 is 23.8 Å². The van der Waals surface area contributed by atoms with Crippen LogP contribution in [0.1, 0.15) is 12.5 Å². The Kier molecular flexibility index (Phi) is 5.94. The molecule has 2 aromatic carbocycles. The fourth-order valence-corrected chi connectivity index (χ4v) is 3.43. The Balaban J connectivity index is 2.15. The van der Waals surface area contributed by atoms with Gasteiger partial charge >= 0.3 is 5.97 Å². The van der Waals surface area contributed by atoms with Crippen molar-refractivity contribution >= 4 is 35.2 Å². The van der Waals surface area contributed by atoms with Gasteiger partial charge in [-0.25, -0.2) is 4.79 Å². The number of hydrogen-bond acceptors (Lipinski definition) is 5. The quantitative estimate of drug-likeness (QED) is 0.542. The Morgan fingerprint density at radius 3 is 2.34 bits per heavy atom. The molecular formula is C22H20ClNO5. The molecule has 29 heavy (non-hydrogen) atoms. The molecule has 0 N–H and O–H groups in total. The maximum Gasteiger partial charge on any atom is 0.340 e. The molecule has 6 nitrogen and oxygen atoms in total. The molecule has 1 aliphatic heterocycles. The molecule has 0 bridgehead atoms. The van der Waals surface area contributed by atoms with E-state index >= 15 is 0 Å². The zero-order valence-corrected chi connectivity index (χ0v) is 17.2. The second kappa shape index (κ2) is 8.41. The van der Waals surface area contributed by atoms with E-state index in [1.54, 1.807) is 62.6 Å². The van der Waals surface area contributed by atoms with Crippen LogP contribution in [0.3, 0.4) is 0 Å². The van der Waals surface area contributed by atoms with E-state index < -0.39 is 5.97 Å². The summed E-state index contributed by atoms with van der Waals surface area (Å²) < 4.78 is 15.5. The summed E-state index contributed by atoms with van der Waals surface area (Å²) in [4.78, 5) is 27.2. The van der Waals surface area contributed by atoms with Crippen molar-refractivity contribution in [1.29, 1.82) is 0 Å². The predicted molar refractivity (Wildman–Crippen MR) is 111 cm³/mol. The van der Waals surface area contributed by atoms with Crippen LogP contribution in [0.25, 0.3) is 6.08 Å². The number of carbonyl (C=O) groups excluding carboxylic acids is 2. The normalized spacial score (nSPS) is 15.1. The topological polar surface area (TPSA) is 65.1 Å². The molecule has 7 heteroatoms. The van der Waals surface area contributed by atoms with Crippen LogP contribution in [0.4, 0.5) is 5.69 Å². The van der Waals surface area contributed by atoms with Crippen molar-refractivity contribution in [3.63, 3.8) is 0 Å². The molecule has 0 spiro atoms. The van der Waals surface area contributed by atoms with Crippen molar-refractivity contribution in [3.8, 4) is 11.5 Å². The molecule has 0 fully saturated rings. The summed E-state index contributed by atoms with van der Waals surface area (Å²) in [6.45, 7) is 1.68. The lowest BCUT2D eigenvalue weighted by atomic mass is 10.0. The number of nitrogens with zero attached hydrogens (tertiary/aromatic N) is 1. The summed E-state index contributed by atoms with van der Waals surface area (Å²) in [6.07, 6.45) is 1.62. The smallest absolute Gasteiger partial charge is 0.340 e. The van der Waals surface area contributed by atoms with Gasteiger partial charge in [-0.2, -0.15) is 0 Å². The number of hydrogen-bond donors (Lipinski definition) is 0. The number of esters is 1. The summed E-state index contributed by atoms with van der Waals surface area (Å²) in [5.74, 6) is 0.100. The number of halogens is 1. The highest BCUT2D eigenvalue weighted by atomic mass is 35.5. The van der Waals surface area contributed by atoms with Gasteiger partial charge in [0.05, 0.1) is 43.2 Å². The number of rotatable bonds is 5. The Morgan fingerprint density at radius 1 is 1.03 bits per heavy atom. The van der Waals surface area contributed by atoms with E-state index in [2.05, 4.69) is 0 Å². The minimum absolute atomic E-state index is 0.187. The first-order chi connectivity index (χ1) is 13.9. The van der Waals surface area contributed by atoms with Gasteiger partial charge in [-0.1, -0.05) is 29.8 Å². The molecule has 0 atom stereocenters. The molecule has 1 aliphatic rings. The fraction of sp³-hybridized carbons (Fsp3) is 0.182. The minimum Gasteiger partial charge on any atom is -0.493 e. The Morgan fingerprint density at radius 2 is 1.72 bits per heavy atom. The summed E-state index contributed by atoms with van der Waals surface area (Å²) in [5.41, 5.74) is 2.00. The van der Waals surface area contributed by atoms with Gasteiger partial charge in [0.1, 0.15) is 0 Å². The van der Waals surface area contributed by atoms with Crippen LogP contribution in [0.15, 0.2) is 59.3 Å². The molecule has 2 aromatic rings. The van der Waals surface area contributed by atoms with Gasteiger partial charge in [-0.05, 0) is 42.8 Å². The average molecular weight is 414 g/mol. The van der Waals surface area contributed by atoms with E-state index in [0.29, 0.717) is 33.5 Å². The first-order valence-corrected chi connectivity index (χ1v) is 9.13. The molecule has 0 aromatic heterocycles. The number of benzene rings is 2. The van der Waals surface area contributed by atoms with E-state index in [9.17, 15) is 9.59 Å². The minimum atomic E-state index is -0.600. The number of carbonyl (C=O) groups is 2. The Hall–Kier alpha value is -3.25. The largest absolute Gasteiger partial charge is 0.493 e. The van der Waals surface area contributed by atoms with Crippen molar-refractivity contribution in [1.82, 2.24) is 0 Å². The second-order valence-corrected chi connectivity index (χ2v) is 6.62. The first-order valence-electron chi connectivity index (χ1n) is 8.75. The monoisotopic (exact) mass is 413 g/mol. The van der Waals surface area contributed by atoms with Crippen molar-refractivity contribution in [3.05, 3.63) is 69.9 Å². The van der Waals surface area contributed by atoms with E-state index in [1.807, 2.05) is 0 Å². The van der Waals surface area contributed by atoms with Gasteiger partial charge in [-0.3, -0.25) is 9.69 Å². The Labute approximate surface area is 173 Å². The number of ether oxygens (including phenoxy) is 3. The van der Waals surface area contributed by atoms with E-state index in [4.69, 9.17) is 25.8 Å². The summed E-state index contributed by atoms with van der Waals surface area (Å²) in [6, 6.07) is 12.2. The standard InChI is InChI=1S/C22H20ClNO5/c1-13-20(22(26)29-4)15(11-14-9-10-18(27-2)19(12-14)28-3)21(25)24(13)17-8-6-5-7-16(17)23/h5-12H,1-4H3/b15-11-. The summed E-state index contributed by atoms with van der Waals surface area (Å²) in [5, 5.41) is 0.400. The van der Waals surface area contributed by atoms with Gasteiger partial charge in [0.2, 0.25) is 0 Å². The van der Waals surface area contributed by atoms with Crippen LogP contribution in [0, 0.1) is 0 Å². The van der Waals surface area contributed by atoms with Gasteiger partial charge in [0.15, 0.2) is 11.5 Å². The van der Waals surface area contributed by atoms with Crippen LogP contribution < -0.4 is 14.4 Å². The van der Waals surface area contributed by atoms with E-state index in [0.717, 1.165) is 0 Å². The molecular weight excluding hydrogens is 394 g/mol. The molecule has 0 saturated heterocycles. The first kappa shape index (κ1) is 20.5. The number of allylic oxidation sites excluding steroid dienone is 1. The molecule has 150 valence electrons. The van der Waals surface area contributed by atoms with Crippen LogP contribution in [0.2, 0.25) is 5.02 Å². The lowest BCUT2D eigenvalue weighted by molar-refractivity contribution is -0.136. The number of para-hydroxylation sites is 1. The SMILES string of the molecule is COC(=O)C1=C(C)N(c2ccccc2Cl)C(=O)/C1=C\c1ccc(OC)c(OC)c1. The average Bonchev–Trinajstić information content (AvgIpc) is 2.97. The molecule has 0 saturated carbocycles. The zero-order valence-electron chi connectivity index (χ0n) is 16.5. The third-order valence-electron chi connectivity index (χ3n) is 4.60. The second-order valence-electron chi connectivity index (χ2n) is 6.22. The molecule has 0 unspecified atom stereocenters. The maximum atomic E-state index is 13.3. The number of methoxy groups -OCH3 is 3. The third-order valence-corrected chi connectivity index (χ3v) is 4.92. The molecule has 1 amide bonds. The van der Waals surface area contributed by atoms with Crippen LogP contribution in [-0.2, 0) is 14.3 Å². The lowest BCUT2D eigenvalue weighted by Crippen LogP contribution is -2.24. The lowest BCUT2D eigenvalue weighted by Gasteiger charge is -2.19. The van der Waals surface area contributed by atoms with E-state index in [1.165, 1.54) is 19.1 Å². The molecule has 0 aliphatic carbocycles. The van der Waals surface area contributed by atoms with E-state index in [-0.39, 0.29) is 17.1 Å². The number of anilines is 1. The van der Waals surface area contributed by atoms with Gasteiger partial charge in [0.25, 0.3) is 5.91 Å². The highest BCUT2D eigenvalue weighted by Crippen LogP contribution is 2.39. The highest BCUT2D eigenvalue weighted by Gasteiger charge is 2.38. The fourth-order valence-electron chi connectivity index (χ4n) is 3.21. The van der Waals surface area contributed by atoms with Crippen molar-refractivity contribution in [2.24, 2.45) is 0 Å². The van der Waals surface area contributed by atoms with Gasteiger partial charge in [-0.15, -0.1) is 0 Å². The van der Waals surface area contributed by atoms with Crippen LogP contribution in [0.5, 0.6) is 11.5 Å². The van der Waals surface area contributed by atoms with Crippen LogP contribution in [-0.4, -0.2) is 33.2 Å². The van der Waals surface area contributed by atoms with Gasteiger partial charge < -0.3 is 14.2 Å². The maximum absolute atomic E-state index is 13.3. The Bertz CT molecular complexity index is 1040.